The molecule has 0 fully saturated rings. The summed E-state index contributed by atoms with van der Waals surface area (Å²) < 4.78 is 4.80. The van der Waals surface area contributed by atoms with Crippen molar-refractivity contribution in [1.29, 1.82) is 0 Å². The van der Waals surface area contributed by atoms with Crippen molar-refractivity contribution >= 4 is 17.6 Å². The average molecular weight is 304 g/mol. The number of nitrogens with zero attached hydrogens (tertiary/aromatic N) is 1. The van der Waals surface area contributed by atoms with Crippen LogP contribution in [0.2, 0.25) is 0 Å². The van der Waals surface area contributed by atoms with Gasteiger partial charge in [-0.3, -0.25) is 14.9 Å². The van der Waals surface area contributed by atoms with Gasteiger partial charge in [-0.15, -0.1) is 0 Å². The van der Waals surface area contributed by atoms with Crippen LogP contribution in [0.5, 0.6) is 0 Å². The molecule has 7 nitrogen and oxygen atoms in total. The number of hydrogen-bond donors (Lipinski definition) is 1. The van der Waals surface area contributed by atoms with E-state index in [1.54, 1.807) is 6.92 Å². The minimum atomic E-state index is -0.615. The van der Waals surface area contributed by atoms with Crippen LogP contribution in [0.25, 0.3) is 0 Å². The zero-order chi connectivity index (χ0) is 16.5. The molecule has 0 heterocycles. The predicted octanol–water partition coefficient (Wildman–Crippen LogP) is 1.65. The van der Waals surface area contributed by atoms with E-state index in [1.165, 1.54) is 19.1 Å². The van der Waals surface area contributed by atoms with Crippen molar-refractivity contribution < 1.29 is 19.2 Å². The molecule has 0 spiro atoms. The van der Waals surface area contributed by atoms with Crippen LogP contribution in [0.4, 0.5) is 5.69 Å². The Bertz CT molecular complexity index is 643. The molecule has 0 saturated carbocycles. The van der Waals surface area contributed by atoms with Gasteiger partial charge < -0.3 is 10.1 Å². The summed E-state index contributed by atoms with van der Waals surface area (Å²) in [5.74, 6) is 4.64. The minimum Gasteiger partial charge on any atom is -0.462 e. The number of nitro benzene ring substituents is 1. The molecule has 0 saturated heterocycles. The van der Waals surface area contributed by atoms with Crippen LogP contribution in [-0.2, 0) is 9.53 Å². The number of rotatable bonds is 5. The van der Waals surface area contributed by atoms with Gasteiger partial charge in [-0.1, -0.05) is 11.8 Å². The predicted molar refractivity (Wildman–Crippen MR) is 79.2 cm³/mol. The fraction of sp³-hybridized carbons (Fsp3) is 0.333. The van der Waals surface area contributed by atoms with E-state index in [0.29, 0.717) is 13.0 Å². The first kappa shape index (κ1) is 17.2. The van der Waals surface area contributed by atoms with Crippen LogP contribution >= 0.6 is 0 Å². The second-order valence-corrected chi connectivity index (χ2v) is 4.24. The molecule has 1 N–H and O–H groups in total. The molecule has 1 amide bonds. The van der Waals surface area contributed by atoms with Gasteiger partial charge >= 0.3 is 5.97 Å². The Labute approximate surface area is 127 Å². The summed E-state index contributed by atoms with van der Waals surface area (Å²) in [6.07, 6.45) is 0.371. The maximum atomic E-state index is 11.6. The standard InChI is InChI=1S/C15H16N2O5/c1-3-22-15(19)13-8-7-12(14(10-13)17(20)21)6-4-5-9-16-11(2)18/h7-8,10H,3,5,9H2,1-2H3,(H,16,18). The van der Waals surface area contributed by atoms with Crippen LogP contribution in [0.3, 0.4) is 0 Å². The van der Waals surface area contributed by atoms with Crippen molar-refractivity contribution in [2.24, 2.45) is 0 Å². The molecule has 1 aromatic rings. The molecule has 0 aromatic heterocycles. The molecule has 0 bridgehead atoms. The third kappa shape index (κ3) is 5.25. The van der Waals surface area contributed by atoms with Crippen molar-refractivity contribution in [3.05, 3.63) is 39.4 Å². The zero-order valence-corrected chi connectivity index (χ0v) is 12.3. The molecule has 0 aliphatic rings. The van der Waals surface area contributed by atoms with Gasteiger partial charge in [0.2, 0.25) is 5.91 Å². The first-order valence-corrected chi connectivity index (χ1v) is 6.64. The molecule has 0 aliphatic heterocycles. The number of carbonyl (C=O) groups excluding carboxylic acids is 2. The Kier molecular flexibility index (Phi) is 6.57. The van der Waals surface area contributed by atoms with Gasteiger partial charge in [-0.25, -0.2) is 4.79 Å². The number of amides is 1. The van der Waals surface area contributed by atoms with Crippen LogP contribution in [0.1, 0.15) is 36.2 Å². The van der Waals surface area contributed by atoms with Crippen LogP contribution in [0, 0.1) is 22.0 Å². The Morgan fingerprint density at radius 3 is 2.73 bits per heavy atom. The smallest absolute Gasteiger partial charge is 0.338 e. The van der Waals surface area contributed by atoms with Gasteiger partial charge in [0.25, 0.3) is 5.69 Å². The van der Waals surface area contributed by atoms with Crippen molar-refractivity contribution in [2.45, 2.75) is 20.3 Å². The van der Waals surface area contributed by atoms with Crippen LogP contribution in [0.15, 0.2) is 18.2 Å². The lowest BCUT2D eigenvalue weighted by Gasteiger charge is -2.02. The highest BCUT2D eigenvalue weighted by molar-refractivity contribution is 5.90. The lowest BCUT2D eigenvalue weighted by molar-refractivity contribution is -0.385. The number of nitrogens with one attached hydrogen (secondary N) is 1. The van der Waals surface area contributed by atoms with Gasteiger partial charge in [0.05, 0.1) is 17.1 Å². The summed E-state index contributed by atoms with van der Waals surface area (Å²) in [7, 11) is 0. The average Bonchev–Trinajstić information content (AvgIpc) is 2.46. The number of carbonyl (C=O) groups is 2. The summed E-state index contributed by atoms with van der Waals surface area (Å²) in [5, 5.41) is 13.6. The molecular weight excluding hydrogens is 288 g/mol. The molecule has 1 aromatic carbocycles. The highest BCUT2D eigenvalue weighted by atomic mass is 16.6. The molecule has 0 radical (unpaired) electrons. The normalized spacial score (nSPS) is 9.36. The van der Waals surface area contributed by atoms with Gasteiger partial charge in [-0.2, -0.15) is 0 Å². The first-order chi connectivity index (χ1) is 10.5. The van der Waals surface area contributed by atoms with E-state index in [0.717, 1.165) is 6.07 Å². The van der Waals surface area contributed by atoms with E-state index in [9.17, 15) is 19.7 Å². The Morgan fingerprint density at radius 2 is 2.14 bits per heavy atom. The summed E-state index contributed by atoms with van der Waals surface area (Å²) in [4.78, 5) is 32.7. The van der Waals surface area contributed by atoms with E-state index in [1.807, 2.05) is 0 Å². The second-order valence-electron chi connectivity index (χ2n) is 4.24. The lowest BCUT2D eigenvalue weighted by atomic mass is 10.1. The number of ether oxygens (including phenoxy) is 1. The number of esters is 1. The fourth-order valence-electron chi connectivity index (χ4n) is 1.59. The SMILES string of the molecule is CCOC(=O)c1ccc(C#CCCNC(C)=O)c([N+](=O)[O-])c1. The highest BCUT2D eigenvalue weighted by Crippen LogP contribution is 2.20. The summed E-state index contributed by atoms with van der Waals surface area (Å²) in [6, 6.07) is 3.99. The van der Waals surface area contributed by atoms with E-state index >= 15 is 0 Å². The Hall–Kier alpha value is -2.88. The van der Waals surface area contributed by atoms with Gasteiger partial charge in [-0.05, 0) is 19.1 Å². The van der Waals surface area contributed by atoms with Crippen molar-refractivity contribution in [3.63, 3.8) is 0 Å². The van der Waals surface area contributed by atoms with Gasteiger partial charge in [0.1, 0.15) is 5.56 Å². The molecule has 1 rings (SSSR count). The van der Waals surface area contributed by atoms with Crippen molar-refractivity contribution in [2.75, 3.05) is 13.2 Å². The molecule has 0 aliphatic carbocycles. The van der Waals surface area contributed by atoms with E-state index in [2.05, 4.69) is 17.2 Å². The molecule has 0 unspecified atom stereocenters. The maximum Gasteiger partial charge on any atom is 0.338 e. The molecule has 7 heteroatoms. The molecular formula is C15H16N2O5. The molecule has 116 valence electrons. The maximum absolute atomic E-state index is 11.6. The summed E-state index contributed by atoms with van der Waals surface area (Å²) >= 11 is 0. The van der Waals surface area contributed by atoms with Gasteiger partial charge in [0.15, 0.2) is 0 Å². The van der Waals surface area contributed by atoms with E-state index in [-0.39, 0.29) is 29.3 Å². The lowest BCUT2D eigenvalue weighted by Crippen LogP contribution is -2.20. The third-order valence-corrected chi connectivity index (χ3v) is 2.55. The highest BCUT2D eigenvalue weighted by Gasteiger charge is 2.16. The van der Waals surface area contributed by atoms with Crippen molar-refractivity contribution in [1.82, 2.24) is 5.32 Å². The van der Waals surface area contributed by atoms with Gasteiger partial charge in [0, 0.05) is 26.0 Å². The Balaban J connectivity index is 2.91. The second kappa shape index (κ2) is 8.42. The van der Waals surface area contributed by atoms with Crippen LogP contribution in [-0.4, -0.2) is 30.0 Å². The number of benzene rings is 1. The van der Waals surface area contributed by atoms with E-state index < -0.39 is 10.9 Å². The monoisotopic (exact) mass is 304 g/mol. The van der Waals surface area contributed by atoms with Crippen molar-refractivity contribution in [3.8, 4) is 11.8 Å². The summed E-state index contributed by atoms with van der Waals surface area (Å²) in [5.41, 5.74) is 0.0656. The quantitative estimate of drug-likeness (QED) is 0.293. The first-order valence-electron chi connectivity index (χ1n) is 6.64. The topological polar surface area (TPSA) is 98.5 Å². The minimum absolute atomic E-state index is 0.109. The number of hydrogen-bond acceptors (Lipinski definition) is 5. The fourth-order valence-corrected chi connectivity index (χ4v) is 1.59. The Morgan fingerprint density at radius 1 is 1.41 bits per heavy atom. The van der Waals surface area contributed by atoms with Crippen LogP contribution < -0.4 is 5.32 Å². The zero-order valence-electron chi connectivity index (χ0n) is 12.3. The molecule has 0 atom stereocenters. The third-order valence-electron chi connectivity index (χ3n) is 2.55. The summed E-state index contributed by atoms with van der Waals surface area (Å²) in [6.45, 7) is 3.61. The molecule has 22 heavy (non-hydrogen) atoms. The number of nitro groups is 1. The van der Waals surface area contributed by atoms with E-state index in [4.69, 9.17) is 4.74 Å². The largest absolute Gasteiger partial charge is 0.462 e.